The van der Waals surface area contributed by atoms with Gasteiger partial charge in [0.1, 0.15) is 11.1 Å². The van der Waals surface area contributed by atoms with Crippen molar-refractivity contribution in [3.05, 3.63) is 45.1 Å². The SMILES string of the molecule is CCOC(=O)C(=CNC(C)CO)C(=O)c1c(F)c(F)c(Br)c(F)c1F. The van der Waals surface area contributed by atoms with Crippen LogP contribution in [0.4, 0.5) is 17.6 Å². The highest BCUT2D eigenvalue weighted by molar-refractivity contribution is 9.10. The molecule has 1 aromatic rings. The predicted molar refractivity (Wildman–Crippen MR) is 82.7 cm³/mol. The Balaban J connectivity index is 3.47. The van der Waals surface area contributed by atoms with Crippen molar-refractivity contribution in [1.82, 2.24) is 5.32 Å². The summed E-state index contributed by atoms with van der Waals surface area (Å²) >= 11 is 2.33. The van der Waals surface area contributed by atoms with Gasteiger partial charge in [0.25, 0.3) is 0 Å². The number of rotatable bonds is 7. The van der Waals surface area contributed by atoms with E-state index in [9.17, 15) is 27.2 Å². The molecule has 0 radical (unpaired) electrons. The van der Waals surface area contributed by atoms with Gasteiger partial charge in [-0.05, 0) is 29.8 Å². The lowest BCUT2D eigenvalue weighted by molar-refractivity contribution is -0.138. The van der Waals surface area contributed by atoms with Crippen LogP contribution in [0.3, 0.4) is 0 Å². The van der Waals surface area contributed by atoms with Crippen molar-refractivity contribution < 1.29 is 37.0 Å². The number of Topliss-reactive ketones (excluding diaryl/α,β-unsaturated/α-hetero) is 1. The molecule has 0 aliphatic rings. The fourth-order valence-electron chi connectivity index (χ4n) is 1.64. The van der Waals surface area contributed by atoms with E-state index < -0.39 is 56.7 Å². The number of halogens is 5. The number of hydrogen-bond acceptors (Lipinski definition) is 5. The number of carbonyl (C=O) groups is 2. The minimum absolute atomic E-state index is 0.160. The van der Waals surface area contributed by atoms with Crippen LogP contribution in [0.25, 0.3) is 0 Å². The van der Waals surface area contributed by atoms with Gasteiger partial charge in [-0.3, -0.25) is 4.79 Å². The number of ether oxygens (including phenoxy) is 1. The molecule has 0 spiro atoms. The summed E-state index contributed by atoms with van der Waals surface area (Å²) in [4.78, 5) is 24.2. The third kappa shape index (κ3) is 4.57. The molecule has 1 rings (SSSR count). The first kappa shape index (κ1) is 21.1. The molecule has 138 valence electrons. The van der Waals surface area contributed by atoms with E-state index in [4.69, 9.17) is 5.11 Å². The van der Waals surface area contributed by atoms with Gasteiger partial charge >= 0.3 is 5.97 Å². The molecule has 0 heterocycles. The molecule has 0 bridgehead atoms. The van der Waals surface area contributed by atoms with Crippen molar-refractivity contribution in [3.63, 3.8) is 0 Å². The van der Waals surface area contributed by atoms with Gasteiger partial charge in [0.15, 0.2) is 23.3 Å². The maximum atomic E-state index is 14.0. The first-order chi connectivity index (χ1) is 11.7. The van der Waals surface area contributed by atoms with Crippen LogP contribution < -0.4 is 5.32 Å². The Kier molecular flexibility index (Phi) is 7.56. The Hall–Kier alpha value is -1.94. The number of esters is 1. The Morgan fingerprint density at radius 3 is 2.16 bits per heavy atom. The number of hydrogen-bond donors (Lipinski definition) is 2. The molecule has 0 saturated carbocycles. The highest BCUT2D eigenvalue weighted by atomic mass is 79.9. The van der Waals surface area contributed by atoms with E-state index in [0.29, 0.717) is 0 Å². The van der Waals surface area contributed by atoms with Gasteiger partial charge in [0, 0.05) is 12.2 Å². The zero-order valence-electron chi connectivity index (χ0n) is 13.1. The van der Waals surface area contributed by atoms with Gasteiger partial charge < -0.3 is 15.2 Å². The molecule has 0 fully saturated rings. The molecule has 10 heteroatoms. The van der Waals surface area contributed by atoms with Crippen molar-refractivity contribution in [2.75, 3.05) is 13.2 Å². The van der Waals surface area contributed by atoms with E-state index in [0.717, 1.165) is 6.20 Å². The number of benzene rings is 1. The van der Waals surface area contributed by atoms with Crippen molar-refractivity contribution in [2.24, 2.45) is 0 Å². The summed E-state index contributed by atoms with van der Waals surface area (Å²) in [5, 5.41) is 11.3. The first-order valence-electron chi connectivity index (χ1n) is 6.97. The molecule has 0 aromatic heterocycles. The average Bonchev–Trinajstić information content (AvgIpc) is 2.58. The van der Waals surface area contributed by atoms with Crippen LogP contribution in [0, 0.1) is 23.3 Å². The quantitative estimate of drug-likeness (QED) is 0.102. The van der Waals surface area contributed by atoms with Crippen LogP contribution in [0.5, 0.6) is 0 Å². The third-order valence-corrected chi connectivity index (χ3v) is 3.66. The van der Waals surface area contributed by atoms with Crippen LogP contribution in [0.1, 0.15) is 24.2 Å². The molecule has 0 aliphatic heterocycles. The van der Waals surface area contributed by atoms with Gasteiger partial charge in [0.2, 0.25) is 5.78 Å². The minimum atomic E-state index is -1.96. The van der Waals surface area contributed by atoms with Crippen molar-refractivity contribution in [3.8, 4) is 0 Å². The standard InChI is InChI=1S/C15H14BrF4NO4/c1-3-25-15(24)7(4-21-6(2)5-22)14(23)8-10(17)12(19)9(16)13(20)11(8)18/h4,6,21-22H,3,5H2,1-2H3. The second-order valence-corrected chi connectivity index (χ2v) is 5.60. The van der Waals surface area contributed by atoms with E-state index in [1.54, 1.807) is 0 Å². The highest BCUT2D eigenvalue weighted by Crippen LogP contribution is 2.29. The monoisotopic (exact) mass is 427 g/mol. The molecule has 0 amide bonds. The topological polar surface area (TPSA) is 75.6 Å². The number of aliphatic hydroxyl groups is 1. The molecule has 2 N–H and O–H groups in total. The molecule has 5 nitrogen and oxygen atoms in total. The molecule has 0 aliphatic carbocycles. The normalized spacial score (nSPS) is 12.7. The van der Waals surface area contributed by atoms with Crippen LogP contribution in [0.2, 0.25) is 0 Å². The van der Waals surface area contributed by atoms with Crippen LogP contribution in [-0.4, -0.2) is 36.1 Å². The summed E-state index contributed by atoms with van der Waals surface area (Å²) < 4.78 is 58.6. The predicted octanol–water partition coefficient (Wildman–Crippen LogP) is 2.61. The lowest BCUT2D eigenvalue weighted by Gasteiger charge is -2.12. The Bertz CT molecular complexity index is 695. The molecule has 25 heavy (non-hydrogen) atoms. The lowest BCUT2D eigenvalue weighted by atomic mass is 10.0. The number of ketones is 1. The smallest absolute Gasteiger partial charge is 0.343 e. The summed E-state index contributed by atoms with van der Waals surface area (Å²) in [6.07, 6.45) is 0.762. The fraction of sp³-hybridized carbons (Fsp3) is 0.333. The second-order valence-electron chi connectivity index (χ2n) is 4.80. The Morgan fingerprint density at radius 2 is 1.72 bits per heavy atom. The van der Waals surface area contributed by atoms with E-state index >= 15 is 0 Å². The van der Waals surface area contributed by atoms with Gasteiger partial charge in [-0.2, -0.15) is 0 Å². The maximum absolute atomic E-state index is 14.0. The summed E-state index contributed by atoms with van der Waals surface area (Å²) in [6, 6.07) is -0.620. The largest absolute Gasteiger partial charge is 0.462 e. The molecular formula is C15H14BrF4NO4. The van der Waals surface area contributed by atoms with Crippen molar-refractivity contribution >= 4 is 27.7 Å². The summed E-state index contributed by atoms with van der Waals surface area (Å²) in [6.45, 7) is 2.35. The summed E-state index contributed by atoms with van der Waals surface area (Å²) in [5.41, 5.74) is -2.46. The van der Waals surface area contributed by atoms with E-state index in [2.05, 4.69) is 26.0 Å². The Labute approximate surface area is 148 Å². The second kappa shape index (κ2) is 8.95. The Morgan fingerprint density at radius 1 is 1.20 bits per heavy atom. The molecule has 1 unspecified atom stereocenters. The van der Waals surface area contributed by atoms with Gasteiger partial charge in [-0.15, -0.1) is 0 Å². The fourth-order valence-corrected chi connectivity index (χ4v) is 1.99. The summed E-state index contributed by atoms with van der Waals surface area (Å²) in [7, 11) is 0. The zero-order valence-corrected chi connectivity index (χ0v) is 14.7. The van der Waals surface area contributed by atoms with Gasteiger partial charge in [0.05, 0.1) is 17.7 Å². The number of aliphatic hydroxyl groups excluding tert-OH is 1. The molecule has 1 atom stereocenters. The number of carbonyl (C=O) groups excluding carboxylic acids is 2. The summed E-state index contributed by atoms with van der Waals surface area (Å²) in [5.74, 6) is -10.4. The average molecular weight is 428 g/mol. The van der Waals surface area contributed by atoms with E-state index in [1.165, 1.54) is 13.8 Å². The third-order valence-electron chi connectivity index (χ3n) is 2.96. The van der Waals surface area contributed by atoms with Crippen molar-refractivity contribution in [1.29, 1.82) is 0 Å². The highest BCUT2D eigenvalue weighted by Gasteiger charge is 2.32. The van der Waals surface area contributed by atoms with Crippen molar-refractivity contribution in [2.45, 2.75) is 19.9 Å². The zero-order chi connectivity index (χ0) is 19.3. The van der Waals surface area contributed by atoms with E-state index in [1.807, 2.05) is 0 Å². The maximum Gasteiger partial charge on any atom is 0.343 e. The van der Waals surface area contributed by atoms with Crippen LogP contribution in [0.15, 0.2) is 16.2 Å². The molecule has 0 saturated heterocycles. The van der Waals surface area contributed by atoms with E-state index in [-0.39, 0.29) is 13.2 Å². The number of nitrogens with one attached hydrogen (secondary N) is 1. The lowest BCUT2D eigenvalue weighted by Crippen LogP contribution is -2.28. The molecule has 1 aromatic carbocycles. The van der Waals surface area contributed by atoms with Gasteiger partial charge in [-0.1, -0.05) is 0 Å². The minimum Gasteiger partial charge on any atom is -0.462 e. The van der Waals surface area contributed by atoms with Gasteiger partial charge in [-0.25, -0.2) is 22.4 Å². The van der Waals surface area contributed by atoms with Crippen LogP contribution in [-0.2, 0) is 9.53 Å². The first-order valence-corrected chi connectivity index (χ1v) is 7.76. The molecular weight excluding hydrogens is 414 g/mol. The van der Waals surface area contributed by atoms with Crippen LogP contribution >= 0.6 is 15.9 Å².